The monoisotopic (exact) mass is 487 g/mol. The Balaban J connectivity index is 1.68. The second kappa shape index (κ2) is 9.97. The molecule has 3 aromatic rings. The highest BCUT2D eigenvalue weighted by atomic mass is 19.1. The zero-order chi connectivity index (χ0) is 25.5. The molecule has 2 aromatic carbocycles. The number of aryl methyl sites for hydroxylation is 2. The van der Waals surface area contributed by atoms with Crippen LogP contribution >= 0.6 is 0 Å². The van der Waals surface area contributed by atoms with Gasteiger partial charge in [0, 0.05) is 23.7 Å². The van der Waals surface area contributed by atoms with Crippen LogP contribution in [0.5, 0.6) is 0 Å². The zero-order valence-corrected chi connectivity index (χ0v) is 20.2. The van der Waals surface area contributed by atoms with Crippen LogP contribution in [0.3, 0.4) is 0 Å². The fraction of sp³-hybridized carbons (Fsp3) is 0.481. The average molecular weight is 488 g/mol. The Morgan fingerprint density at radius 3 is 2.29 bits per heavy atom. The maximum atomic E-state index is 15.2. The molecule has 2 heterocycles. The smallest absolute Gasteiger partial charge is 0.147 e. The molecule has 1 fully saturated rings. The Kier molecular flexibility index (Phi) is 7.33. The number of aromatic nitrogens is 1. The summed E-state index contributed by atoms with van der Waals surface area (Å²) in [6, 6.07) is 11.1. The lowest BCUT2D eigenvalue weighted by molar-refractivity contribution is -0.231. The van der Waals surface area contributed by atoms with Gasteiger partial charge in [-0.3, -0.25) is 0 Å². The van der Waals surface area contributed by atoms with Gasteiger partial charge in [0.1, 0.15) is 36.3 Å². The first kappa shape index (κ1) is 25.8. The molecule has 0 bridgehead atoms. The van der Waals surface area contributed by atoms with E-state index in [1.165, 1.54) is 6.07 Å². The quantitative estimate of drug-likeness (QED) is 0.350. The van der Waals surface area contributed by atoms with Crippen LogP contribution in [0.2, 0.25) is 0 Å². The first-order valence-electron chi connectivity index (χ1n) is 11.9. The lowest BCUT2D eigenvalue weighted by atomic mass is 9.91. The summed E-state index contributed by atoms with van der Waals surface area (Å²) in [5.41, 5.74) is 2.80. The summed E-state index contributed by atoms with van der Waals surface area (Å²) in [4.78, 5) is 0. The second-order valence-electron chi connectivity index (χ2n) is 10.2. The molecule has 190 valence electrons. The summed E-state index contributed by atoms with van der Waals surface area (Å²) in [6.45, 7) is 5.15. The topological polar surface area (TPSA) is 115 Å². The minimum Gasteiger partial charge on any atom is -0.394 e. The number of nitrogens with zero attached hydrogens (tertiary/aromatic N) is 1. The third kappa shape index (κ3) is 5.43. The largest absolute Gasteiger partial charge is 0.394 e. The molecule has 1 aromatic heterocycles. The van der Waals surface area contributed by atoms with Crippen molar-refractivity contribution < 1.29 is 34.7 Å². The first-order valence-corrected chi connectivity index (χ1v) is 11.9. The van der Waals surface area contributed by atoms with E-state index in [2.05, 4.69) is 0 Å². The second-order valence-corrected chi connectivity index (χ2v) is 10.2. The Bertz CT molecular complexity index is 1170. The molecule has 0 aliphatic carbocycles. The van der Waals surface area contributed by atoms with Crippen LogP contribution in [-0.2, 0) is 17.7 Å². The predicted molar refractivity (Wildman–Crippen MR) is 130 cm³/mol. The van der Waals surface area contributed by atoms with Gasteiger partial charge in [0.25, 0.3) is 0 Å². The van der Waals surface area contributed by atoms with Crippen LogP contribution in [0.15, 0.2) is 42.6 Å². The molecule has 0 saturated carbocycles. The van der Waals surface area contributed by atoms with Crippen molar-refractivity contribution in [2.75, 3.05) is 6.61 Å². The molecule has 0 unspecified atom stereocenters. The Labute approximate surface area is 204 Å². The summed E-state index contributed by atoms with van der Waals surface area (Å²) in [5, 5.41) is 51.2. The first-order chi connectivity index (χ1) is 16.5. The molecular formula is C27H34FNO6. The van der Waals surface area contributed by atoms with E-state index in [-0.39, 0.29) is 0 Å². The SMILES string of the molecule is Cc1cc(F)c2c(c1)c([C@@H]1O[C@H](CO)[C@@H](O)[C@H](O)[C@H]1O)cn2Cc1ccc(CCC(C)(C)O)cc1. The van der Waals surface area contributed by atoms with Crippen LogP contribution in [0.1, 0.15) is 48.6 Å². The molecule has 1 aliphatic heterocycles. The van der Waals surface area contributed by atoms with Gasteiger partial charge < -0.3 is 34.8 Å². The Hall–Kier alpha value is -2.33. The van der Waals surface area contributed by atoms with Crippen molar-refractivity contribution in [1.82, 2.24) is 4.57 Å². The van der Waals surface area contributed by atoms with Crippen molar-refractivity contribution in [2.24, 2.45) is 0 Å². The minimum atomic E-state index is -1.52. The zero-order valence-electron chi connectivity index (χ0n) is 20.2. The summed E-state index contributed by atoms with van der Waals surface area (Å²) < 4.78 is 22.7. The molecule has 5 atom stereocenters. The maximum Gasteiger partial charge on any atom is 0.147 e. The van der Waals surface area contributed by atoms with Gasteiger partial charge in [-0.2, -0.15) is 0 Å². The van der Waals surface area contributed by atoms with E-state index >= 15 is 4.39 Å². The van der Waals surface area contributed by atoms with Crippen LogP contribution in [0, 0.1) is 12.7 Å². The lowest BCUT2D eigenvalue weighted by Crippen LogP contribution is -2.55. The van der Waals surface area contributed by atoms with E-state index in [1.54, 1.807) is 37.6 Å². The number of ether oxygens (including phenoxy) is 1. The van der Waals surface area contributed by atoms with Gasteiger partial charge in [-0.1, -0.05) is 24.3 Å². The van der Waals surface area contributed by atoms with Crippen molar-refractivity contribution in [2.45, 2.75) is 76.3 Å². The van der Waals surface area contributed by atoms with Gasteiger partial charge in [-0.05, 0) is 62.4 Å². The van der Waals surface area contributed by atoms with E-state index < -0.39 is 48.5 Å². The van der Waals surface area contributed by atoms with E-state index in [0.29, 0.717) is 35.0 Å². The molecular weight excluding hydrogens is 453 g/mol. The number of hydrogen-bond acceptors (Lipinski definition) is 6. The minimum absolute atomic E-state index is 0.341. The van der Waals surface area contributed by atoms with E-state index in [4.69, 9.17) is 4.74 Å². The molecule has 7 nitrogen and oxygen atoms in total. The van der Waals surface area contributed by atoms with Crippen molar-refractivity contribution >= 4 is 10.9 Å². The third-order valence-corrected chi connectivity index (χ3v) is 6.70. The fourth-order valence-corrected chi connectivity index (χ4v) is 4.72. The molecule has 0 spiro atoms. The van der Waals surface area contributed by atoms with Crippen molar-refractivity contribution in [3.8, 4) is 0 Å². The van der Waals surface area contributed by atoms with E-state index in [9.17, 15) is 25.5 Å². The number of rotatable bonds is 7. The van der Waals surface area contributed by atoms with Crippen molar-refractivity contribution in [3.63, 3.8) is 0 Å². The summed E-state index contributed by atoms with van der Waals surface area (Å²) in [7, 11) is 0. The molecule has 1 saturated heterocycles. The standard InChI is InChI=1S/C27H34FNO6/c1-15-10-18-19(26-25(33)24(32)23(31)21(14-30)35-26)13-29(22(18)20(28)11-15)12-17-6-4-16(5-7-17)8-9-27(2,3)34/h4-7,10-11,13,21,23-26,30-34H,8-9,12,14H2,1-3H3/t21-,23-,24+,25-,26+/m1/s1. The molecule has 0 radical (unpaired) electrons. The normalized spacial score (nSPS) is 25.3. The molecule has 1 aliphatic rings. The summed E-state index contributed by atoms with van der Waals surface area (Å²) >= 11 is 0. The highest BCUT2D eigenvalue weighted by Crippen LogP contribution is 2.38. The van der Waals surface area contributed by atoms with E-state index in [1.807, 2.05) is 24.3 Å². The highest BCUT2D eigenvalue weighted by molar-refractivity contribution is 5.86. The summed E-state index contributed by atoms with van der Waals surface area (Å²) in [5.74, 6) is -0.419. The Morgan fingerprint density at radius 1 is 1.00 bits per heavy atom. The maximum absolute atomic E-state index is 15.2. The number of benzene rings is 2. The molecule has 0 amide bonds. The van der Waals surface area contributed by atoms with Crippen LogP contribution in [0.25, 0.3) is 10.9 Å². The van der Waals surface area contributed by atoms with Crippen LogP contribution in [-0.4, -0.2) is 66.7 Å². The van der Waals surface area contributed by atoms with Gasteiger partial charge in [0.05, 0.1) is 17.7 Å². The van der Waals surface area contributed by atoms with Crippen LogP contribution < -0.4 is 0 Å². The number of hydrogen-bond donors (Lipinski definition) is 5. The van der Waals surface area contributed by atoms with Crippen molar-refractivity contribution in [1.29, 1.82) is 0 Å². The molecule has 4 rings (SSSR count). The third-order valence-electron chi connectivity index (χ3n) is 6.70. The number of aliphatic hydroxyl groups is 5. The predicted octanol–water partition coefficient (Wildman–Crippen LogP) is 2.36. The number of halogens is 1. The number of aliphatic hydroxyl groups excluding tert-OH is 4. The van der Waals surface area contributed by atoms with Gasteiger partial charge in [-0.15, -0.1) is 0 Å². The Morgan fingerprint density at radius 2 is 1.66 bits per heavy atom. The van der Waals surface area contributed by atoms with Gasteiger partial charge in [0.15, 0.2) is 0 Å². The summed E-state index contributed by atoms with van der Waals surface area (Å²) in [6.07, 6.45) is -3.47. The van der Waals surface area contributed by atoms with Crippen LogP contribution in [0.4, 0.5) is 4.39 Å². The van der Waals surface area contributed by atoms with Crippen molar-refractivity contribution in [3.05, 3.63) is 70.7 Å². The highest BCUT2D eigenvalue weighted by Gasteiger charge is 2.45. The van der Waals surface area contributed by atoms with Gasteiger partial charge in [0.2, 0.25) is 0 Å². The molecule has 8 heteroatoms. The van der Waals surface area contributed by atoms with Gasteiger partial charge in [-0.25, -0.2) is 4.39 Å². The lowest BCUT2D eigenvalue weighted by Gasteiger charge is -2.40. The van der Waals surface area contributed by atoms with Gasteiger partial charge >= 0.3 is 0 Å². The average Bonchev–Trinajstić information content (AvgIpc) is 3.14. The molecule has 5 N–H and O–H groups in total. The molecule has 35 heavy (non-hydrogen) atoms. The fourth-order valence-electron chi connectivity index (χ4n) is 4.72. The van der Waals surface area contributed by atoms with E-state index in [0.717, 1.165) is 17.5 Å². The number of fused-ring (bicyclic) bond motifs is 1.